The average Bonchev–Trinajstić information content (AvgIpc) is 2.18. The predicted octanol–water partition coefficient (Wildman–Crippen LogP) is -1.89. The van der Waals surface area contributed by atoms with Crippen molar-refractivity contribution in [1.82, 2.24) is 4.24 Å². The van der Waals surface area contributed by atoms with Crippen LogP contribution in [-0.4, -0.2) is 8.42 Å². The fourth-order valence-electron chi connectivity index (χ4n) is 0.753. The first-order valence-corrected chi connectivity index (χ1v) is 5.09. The second-order valence-corrected chi connectivity index (χ2v) is 4.31. The molecule has 14 heavy (non-hydrogen) atoms. The van der Waals surface area contributed by atoms with Gasteiger partial charge in [-0.25, -0.2) is 8.42 Å². The zero-order valence-corrected chi connectivity index (χ0v) is 10.9. The summed E-state index contributed by atoms with van der Waals surface area (Å²) in [5.74, 6) is 0. The van der Waals surface area contributed by atoms with Crippen LogP contribution in [0.2, 0.25) is 0 Å². The largest absolute Gasteiger partial charge is 1.00 e. The van der Waals surface area contributed by atoms with E-state index in [2.05, 4.69) is 0 Å². The Hall–Kier alpha value is -0.0900. The second-order valence-electron chi connectivity index (χ2n) is 2.22. The summed E-state index contributed by atoms with van der Waals surface area (Å²) in [5.41, 5.74) is 0.397. The molecule has 0 aromatic heterocycles. The maximum absolute atomic E-state index is 11.1. The van der Waals surface area contributed by atoms with E-state index in [1.165, 1.54) is 24.3 Å². The van der Waals surface area contributed by atoms with Crippen molar-refractivity contribution in [1.29, 1.82) is 5.26 Å². The first kappa shape index (κ1) is 13.9. The molecule has 0 aliphatic carbocycles. The van der Waals surface area contributed by atoms with Crippen molar-refractivity contribution in [3.05, 3.63) is 29.8 Å². The molecule has 4 nitrogen and oxygen atoms in total. The van der Waals surface area contributed by atoms with Gasteiger partial charge < -0.3 is 1.43 Å². The van der Waals surface area contributed by atoms with Gasteiger partial charge in [0.25, 0.3) is 10.0 Å². The number of nitrogens with one attached hydrogen (secondary N) is 1. The molecule has 1 N–H and O–H groups in total. The molecular weight excluding hydrogens is 235 g/mol. The Balaban J connectivity index is 0. The van der Waals surface area contributed by atoms with Crippen molar-refractivity contribution in [2.24, 2.45) is 0 Å². The van der Waals surface area contributed by atoms with Gasteiger partial charge in [0, 0.05) is 0 Å². The number of halogens is 1. The molecule has 0 amide bonds. The summed E-state index contributed by atoms with van der Waals surface area (Å²) >= 11 is 5.00. The zero-order valence-electron chi connectivity index (χ0n) is 8.36. The van der Waals surface area contributed by atoms with E-state index in [1.54, 1.807) is 4.24 Å². The molecule has 7 heteroatoms. The normalized spacial score (nSPS) is 10.0. The maximum Gasteiger partial charge on any atom is 1.00 e. The van der Waals surface area contributed by atoms with Gasteiger partial charge in [-0.2, -0.15) is 5.26 Å². The fraction of sp³-hybridized carbons (Fsp3) is 0. The summed E-state index contributed by atoms with van der Waals surface area (Å²) < 4.78 is 23.8. The standard InChI is InChI=1S/C7H5ClN2O2S.Na.H/c8-10-13(11,12)7-3-1-6(5-9)2-4-7;;/h1-4,10H;;/q;+1;-1. The molecule has 1 rings (SSSR count). The summed E-state index contributed by atoms with van der Waals surface area (Å²) in [6.07, 6.45) is 0. The summed E-state index contributed by atoms with van der Waals surface area (Å²) in [4.78, 5) is 0.0292. The van der Waals surface area contributed by atoms with Crippen molar-refractivity contribution < 1.29 is 39.4 Å². The van der Waals surface area contributed by atoms with Gasteiger partial charge in [-0.05, 0) is 36.0 Å². The van der Waals surface area contributed by atoms with E-state index in [0.29, 0.717) is 5.56 Å². The monoisotopic (exact) mass is 240 g/mol. The number of benzene rings is 1. The molecule has 1 aromatic rings. The van der Waals surface area contributed by atoms with Crippen LogP contribution in [0.1, 0.15) is 6.99 Å². The molecule has 0 bridgehead atoms. The van der Waals surface area contributed by atoms with Crippen LogP contribution in [0.5, 0.6) is 0 Å². The Labute approximate surface area is 111 Å². The van der Waals surface area contributed by atoms with Crippen LogP contribution in [0.4, 0.5) is 0 Å². The first-order chi connectivity index (χ1) is 6.10. The van der Waals surface area contributed by atoms with E-state index in [-0.39, 0.29) is 35.9 Å². The summed E-state index contributed by atoms with van der Waals surface area (Å²) in [5, 5.41) is 8.45. The molecule has 0 radical (unpaired) electrons. The minimum Gasteiger partial charge on any atom is -1.00 e. The van der Waals surface area contributed by atoms with Gasteiger partial charge in [0.15, 0.2) is 0 Å². The van der Waals surface area contributed by atoms with Gasteiger partial charge >= 0.3 is 29.6 Å². The molecule has 0 fully saturated rings. The number of nitriles is 1. The number of rotatable bonds is 2. The van der Waals surface area contributed by atoms with Crippen LogP contribution < -0.4 is 33.8 Å². The maximum atomic E-state index is 11.1. The zero-order chi connectivity index (χ0) is 9.90. The third kappa shape index (κ3) is 3.24. The first-order valence-electron chi connectivity index (χ1n) is 3.23. The topological polar surface area (TPSA) is 70.0 Å². The summed E-state index contributed by atoms with van der Waals surface area (Å²) in [6, 6.07) is 7.30. The van der Waals surface area contributed by atoms with E-state index < -0.39 is 10.0 Å². The molecule has 0 heterocycles. The van der Waals surface area contributed by atoms with Crippen LogP contribution in [0.3, 0.4) is 0 Å². The number of hydrogen-bond acceptors (Lipinski definition) is 3. The Kier molecular flexibility index (Phi) is 5.67. The minimum atomic E-state index is -3.62. The van der Waals surface area contributed by atoms with E-state index >= 15 is 0 Å². The molecular formula is C7H6ClN2NaO2S. The van der Waals surface area contributed by atoms with Crippen LogP contribution in [-0.2, 0) is 10.0 Å². The Morgan fingerprint density at radius 1 is 1.36 bits per heavy atom. The average molecular weight is 241 g/mol. The third-order valence-electron chi connectivity index (χ3n) is 1.40. The van der Waals surface area contributed by atoms with E-state index in [0.717, 1.165) is 0 Å². The molecule has 1 aromatic carbocycles. The third-order valence-corrected chi connectivity index (χ3v) is 3.10. The molecule has 0 atom stereocenters. The van der Waals surface area contributed by atoms with Crippen LogP contribution in [0.25, 0.3) is 0 Å². The van der Waals surface area contributed by atoms with Crippen molar-refractivity contribution in [2.75, 3.05) is 0 Å². The van der Waals surface area contributed by atoms with Gasteiger partial charge in [-0.1, -0.05) is 0 Å². The van der Waals surface area contributed by atoms with Gasteiger partial charge in [-0.15, -0.1) is 4.24 Å². The Bertz CT molecular complexity index is 443. The van der Waals surface area contributed by atoms with Gasteiger partial charge in [0.2, 0.25) is 0 Å². The number of nitrogens with zero attached hydrogens (tertiary/aromatic N) is 1. The molecule has 0 saturated carbocycles. The van der Waals surface area contributed by atoms with E-state index in [1.807, 2.05) is 6.07 Å². The number of hydrogen-bond donors (Lipinski definition) is 1. The van der Waals surface area contributed by atoms with Crippen LogP contribution in [0.15, 0.2) is 29.2 Å². The van der Waals surface area contributed by atoms with Crippen molar-refractivity contribution in [2.45, 2.75) is 4.90 Å². The van der Waals surface area contributed by atoms with Crippen LogP contribution in [0, 0.1) is 11.3 Å². The molecule has 70 valence electrons. The Morgan fingerprint density at radius 3 is 2.21 bits per heavy atom. The second kappa shape index (κ2) is 5.71. The van der Waals surface area contributed by atoms with E-state index in [4.69, 9.17) is 17.0 Å². The molecule has 0 saturated heterocycles. The fourth-order valence-corrected chi connectivity index (χ4v) is 1.60. The van der Waals surface area contributed by atoms with Crippen LogP contribution >= 0.6 is 11.8 Å². The van der Waals surface area contributed by atoms with Gasteiger partial charge in [-0.3, -0.25) is 0 Å². The smallest absolute Gasteiger partial charge is 1.00 e. The molecule has 0 spiro atoms. The SMILES string of the molecule is N#Cc1ccc(S(=O)(=O)NCl)cc1.[H-].[Na+]. The number of sulfonamides is 1. The molecule has 0 aliphatic heterocycles. The quantitative estimate of drug-likeness (QED) is 0.485. The van der Waals surface area contributed by atoms with Crippen molar-refractivity contribution in [3.63, 3.8) is 0 Å². The van der Waals surface area contributed by atoms with Gasteiger partial charge in [0.05, 0.1) is 16.5 Å². The van der Waals surface area contributed by atoms with Gasteiger partial charge in [0.1, 0.15) is 0 Å². The molecule has 0 aliphatic rings. The molecule has 0 unspecified atom stereocenters. The summed E-state index contributed by atoms with van der Waals surface area (Å²) in [6.45, 7) is 0. The summed E-state index contributed by atoms with van der Waals surface area (Å²) in [7, 11) is -3.62. The van der Waals surface area contributed by atoms with Crippen molar-refractivity contribution in [3.8, 4) is 6.07 Å². The van der Waals surface area contributed by atoms with E-state index in [9.17, 15) is 8.42 Å². The minimum absolute atomic E-state index is 0. The predicted molar refractivity (Wildman–Crippen MR) is 48.4 cm³/mol. The van der Waals surface area contributed by atoms with Crippen molar-refractivity contribution >= 4 is 21.8 Å². The Morgan fingerprint density at radius 2 is 1.86 bits per heavy atom.